The Bertz CT molecular complexity index is 367. The van der Waals surface area contributed by atoms with E-state index < -0.39 is 0 Å². The van der Waals surface area contributed by atoms with Gasteiger partial charge >= 0.3 is 0 Å². The second-order valence-electron chi connectivity index (χ2n) is 4.42. The molecule has 2 nitrogen and oxygen atoms in total. The molecule has 1 heterocycles. The van der Waals surface area contributed by atoms with Gasteiger partial charge in [0.25, 0.3) is 0 Å². The number of hydrogen-bond acceptors (Lipinski definition) is 2. The zero-order valence-electron chi connectivity index (χ0n) is 9.62. The monoisotopic (exact) mass is 283 g/mol. The van der Waals surface area contributed by atoms with Crippen LogP contribution in [0.25, 0.3) is 0 Å². The standard InChI is InChI=1S/C13H18BrNO/c1-2-11-6-4-8-15(11)9-10-5-3-7-12(14)13(10)16/h3,5,7,11,16H,2,4,6,8-9H2,1H3. The van der Waals surface area contributed by atoms with Crippen molar-refractivity contribution in [2.45, 2.75) is 38.8 Å². The van der Waals surface area contributed by atoms with E-state index in [-0.39, 0.29) is 0 Å². The lowest BCUT2D eigenvalue weighted by Crippen LogP contribution is -2.28. The van der Waals surface area contributed by atoms with Crippen LogP contribution in [0.5, 0.6) is 5.75 Å². The van der Waals surface area contributed by atoms with Crippen molar-refractivity contribution >= 4 is 15.9 Å². The molecule has 1 aliphatic rings. The molecule has 1 N–H and O–H groups in total. The van der Waals surface area contributed by atoms with Crippen molar-refractivity contribution in [3.05, 3.63) is 28.2 Å². The van der Waals surface area contributed by atoms with Crippen LogP contribution in [0.1, 0.15) is 31.7 Å². The summed E-state index contributed by atoms with van der Waals surface area (Å²) in [6.07, 6.45) is 3.79. The third-order valence-electron chi connectivity index (χ3n) is 3.41. The van der Waals surface area contributed by atoms with Gasteiger partial charge in [0.15, 0.2) is 0 Å². The summed E-state index contributed by atoms with van der Waals surface area (Å²) < 4.78 is 0.789. The minimum Gasteiger partial charge on any atom is -0.506 e. The van der Waals surface area contributed by atoms with Crippen molar-refractivity contribution in [3.63, 3.8) is 0 Å². The zero-order valence-corrected chi connectivity index (χ0v) is 11.2. The second-order valence-corrected chi connectivity index (χ2v) is 5.28. The molecular formula is C13H18BrNO. The summed E-state index contributed by atoms with van der Waals surface area (Å²) >= 11 is 3.36. The summed E-state index contributed by atoms with van der Waals surface area (Å²) in [7, 11) is 0. The van der Waals surface area contributed by atoms with Gasteiger partial charge in [-0.05, 0) is 47.8 Å². The summed E-state index contributed by atoms with van der Waals surface area (Å²) in [6, 6.07) is 6.56. The Morgan fingerprint density at radius 1 is 1.50 bits per heavy atom. The van der Waals surface area contributed by atoms with Crippen molar-refractivity contribution in [3.8, 4) is 5.75 Å². The highest BCUT2D eigenvalue weighted by molar-refractivity contribution is 9.10. The molecule has 0 aromatic heterocycles. The number of halogens is 1. The van der Waals surface area contributed by atoms with Crippen LogP contribution in [0, 0.1) is 0 Å². The van der Waals surface area contributed by atoms with Crippen LogP contribution in [0.15, 0.2) is 22.7 Å². The van der Waals surface area contributed by atoms with E-state index in [4.69, 9.17) is 0 Å². The smallest absolute Gasteiger partial charge is 0.134 e. The van der Waals surface area contributed by atoms with Gasteiger partial charge in [0.2, 0.25) is 0 Å². The van der Waals surface area contributed by atoms with Gasteiger partial charge in [-0.25, -0.2) is 0 Å². The van der Waals surface area contributed by atoms with E-state index in [1.165, 1.54) is 19.3 Å². The fourth-order valence-corrected chi connectivity index (χ4v) is 2.88. The van der Waals surface area contributed by atoms with Gasteiger partial charge in [0.05, 0.1) is 4.47 Å². The second kappa shape index (κ2) is 5.19. The van der Waals surface area contributed by atoms with Gasteiger partial charge in [-0.3, -0.25) is 4.90 Å². The van der Waals surface area contributed by atoms with Crippen LogP contribution in [0.3, 0.4) is 0 Å². The van der Waals surface area contributed by atoms with Crippen molar-refractivity contribution in [2.24, 2.45) is 0 Å². The fraction of sp³-hybridized carbons (Fsp3) is 0.538. The molecule has 1 aliphatic heterocycles. The molecule has 1 aromatic rings. The van der Waals surface area contributed by atoms with E-state index >= 15 is 0 Å². The number of benzene rings is 1. The number of rotatable bonds is 3. The Morgan fingerprint density at radius 3 is 3.06 bits per heavy atom. The molecule has 1 unspecified atom stereocenters. The lowest BCUT2D eigenvalue weighted by atomic mass is 10.1. The SMILES string of the molecule is CCC1CCCN1Cc1cccc(Br)c1O. The average Bonchev–Trinajstić information content (AvgIpc) is 2.72. The highest BCUT2D eigenvalue weighted by Gasteiger charge is 2.23. The average molecular weight is 284 g/mol. The number of hydrogen-bond donors (Lipinski definition) is 1. The fourth-order valence-electron chi connectivity index (χ4n) is 2.47. The third-order valence-corrected chi connectivity index (χ3v) is 4.05. The maximum Gasteiger partial charge on any atom is 0.134 e. The number of phenolic OH excluding ortho intramolecular Hbond substituents is 1. The lowest BCUT2D eigenvalue weighted by molar-refractivity contribution is 0.237. The van der Waals surface area contributed by atoms with Gasteiger partial charge in [-0.2, -0.15) is 0 Å². The number of para-hydroxylation sites is 1. The first kappa shape index (κ1) is 11.9. The third kappa shape index (κ3) is 2.41. The van der Waals surface area contributed by atoms with E-state index in [1.807, 2.05) is 18.2 Å². The highest BCUT2D eigenvalue weighted by Crippen LogP contribution is 2.30. The Balaban J connectivity index is 2.11. The van der Waals surface area contributed by atoms with E-state index in [0.29, 0.717) is 11.8 Å². The summed E-state index contributed by atoms with van der Waals surface area (Å²) in [5.74, 6) is 0.393. The maximum absolute atomic E-state index is 9.94. The molecule has 1 fully saturated rings. The van der Waals surface area contributed by atoms with Gasteiger partial charge in [-0.1, -0.05) is 19.1 Å². The molecule has 0 saturated carbocycles. The number of phenols is 1. The van der Waals surface area contributed by atoms with Crippen molar-refractivity contribution in [1.82, 2.24) is 4.90 Å². The van der Waals surface area contributed by atoms with Crippen LogP contribution in [0.2, 0.25) is 0 Å². The Kier molecular flexibility index (Phi) is 3.87. The van der Waals surface area contributed by atoms with Crippen LogP contribution < -0.4 is 0 Å². The Hall–Kier alpha value is -0.540. The summed E-state index contributed by atoms with van der Waals surface area (Å²) in [6.45, 7) is 4.26. The largest absolute Gasteiger partial charge is 0.506 e. The first-order valence-electron chi connectivity index (χ1n) is 5.92. The van der Waals surface area contributed by atoms with Crippen LogP contribution in [-0.4, -0.2) is 22.6 Å². The number of nitrogens with zero attached hydrogens (tertiary/aromatic N) is 1. The van der Waals surface area contributed by atoms with E-state index in [0.717, 1.165) is 23.1 Å². The van der Waals surface area contributed by atoms with E-state index in [9.17, 15) is 5.11 Å². The quantitative estimate of drug-likeness (QED) is 0.917. The van der Waals surface area contributed by atoms with Crippen molar-refractivity contribution in [2.75, 3.05) is 6.54 Å². The van der Waals surface area contributed by atoms with Crippen LogP contribution in [-0.2, 0) is 6.54 Å². The summed E-state index contributed by atoms with van der Waals surface area (Å²) in [5, 5.41) is 9.94. The zero-order chi connectivity index (χ0) is 11.5. The molecule has 0 aliphatic carbocycles. The summed E-state index contributed by atoms with van der Waals surface area (Å²) in [4.78, 5) is 2.47. The molecule has 1 saturated heterocycles. The predicted octanol–water partition coefficient (Wildman–Crippen LogP) is 3.53. The molecule has 3 heteroatoms. The van der Waals surface area contributed by atoms with Gasteiger partial charge in [-0.15, -0.1) is 0 Å². The van der Waals surface area contributed by atoms with Gasteiger partial charge in [0.1, 0.15) is 5.75 Å². The lowest BCUT2D eigenvalue weighted by Gasteiger charge is -2.23. The van der Waals surface area contributed by atoms with Crippen molar-refractivity contribution < 1.29 is 5.11 Å². The van der Waals surface area contributed by atoms with E-state index in [1.54, 1.807) is 0 Å². The first-order chi connectivity index (χ1) is 7.72. The van der Waals surface area contributed by atoms with Crippen molar-refractivity contribution in [1.29, 1.82) is 0 Å². The molecule has 2 rings (SSSR count). The van der Waals surface area contributed by atoms with Crippen LogP contribution in [0.4, 0.5) is 0 Å². The summed E-state index contributed by atoms with van der Waals surface area (Å²) in [5.41, 5.74) is 1.02. The van der Waals surface area contributed by atoms with Crippen LogP contribution >= 0.6 is 15.9 Å². The molecule has 0 bridgehead atoms. The Morgan fingerprint density at radius 2 is 2.31 bits per heavy atom. The van der Waals surface area contributed by atoms with Gasteiger partial charge < -0.3 is 5.11 Å². The molecule has 16 heavy (non-hydrogen) atoms. The van der Waals surface area contributed by atoms with Gasteiger partial charge in [0, 0.05) is 18.2 Å². The first-order valence-corrected chi connectivity index (χ1v) is 6.72. The number of aromatic hydroxyl groups is 1. The molecule has 0 radical (unpaired) electrons. The normalized spacial score (nSPS) is 21.5. The maximum atomic E-state index is 9.94. The minimum absolute atomic E-state index is 0.393. The van der Waals surface area contributed by atoms with E-state index in [2.05, 4.69) is 27.8 Å². The molecule has 88 valence electrons. The molecular weight excluding hydrogens is 266 g/mol. The molecule has 1 aromatic carbocycles. The minimum atomic E-state index is 0.393. The highest BCUT2D eigenvalue weighted by atomic mass is 79.9. The molecule has 0 amide bonds. The predicted molar refractivity (Wildman–Crippen MR) is 69.5 cm³/mol. The topological polar surface area (TPSA) is 23.5 Å². The molecule has 0 spiro atoms. The number of likely N-dealkylation sites (tertiary alicyclic amines) is 1. The Labute approximate surface area is 105 Å². The molecule has 1 atom stereocenters.